The van der Waals surface area contributed by atoms with Gasteiger partial charge in [0.05, 0.1) is 23.9 Å². The highest BCUT2D eigenvalue weighted by atomic mass is 35.5. The van der Waals surface area contributed by atoms with Crippen LogP contribution in [0.15, 0.2) is 66.9 Å². The highest BCUT2D eigenvalue weighted by molar-refractivity contribution is 6.33. The maximum Gasteiger partial charge on any atom is 0.251 e. The number of hydrogen-bond acceptors (Lipinski definition) is 6. The molecule has 1 fully saturated rings. The molecule has 0 atom stereocenters. The fourth-order valence-electron chi connectivity index (χ4n) is 3.94. The molecule has 0 bridgehead atoms. The van der Waals surface area contributed by atoms with Crippen molar-refractivity contribution >= 4 is 34.5 Å². The Balaban J connectivity index is 1.29. The predicted molar refractivity (Wildman–Crippen MR) is 133 cm³/mol. The lowest BCUT2D eigenvalue weighted by Crippen LogP contribution is -2.41. The first kappa shape index (κ1) is 22.3. The van der Waals surface area contributed by atoms with Gasteiger partial charge in [0.2, 0.25) is 0 Å². The van der Waals surface area contributed by atoms with E-state index in [0.717, 1.165) is 49.8 Å². The van der Waals surface area contributed by atoms with E-state index in [4.69, 9.17) is 16.3 Å². The van der Waals surface area contributed by atoms with Gasteiger partial charge in [0.1, 0.15) is 0 Å². The van der Waals surface area contributed by atoms with E-state index in [2.05, 4.69) is 25.7 Å². The highest BCUT2D eigenvalue weighted by Gasteiger charge is 2.14. The maximum atomic E-state index is 12.7. The lowest BCUT2D eigenvalue weighted by atomic mass is 10.1. The minimum Gasteiger partial charge on any atom is -0.379 e. The van der Waals surface area contributed by atoms with Crippen LogP contribution in [0.1, 0.15) is 10.4 Å². The molecule has 9 heteroatoms. The van der Waals surface area contributed by atoms with Crippen LogP contribution in [0, 0.1) is 0 Å². The summed E-state index contributed by atoms with van der Waals surface area (Å²) in [6.07, 6.45) is 1.90. The van der Waals surface area contributed by atoms with Gasteiger partial charge in [0.25, 0.3) is 5.91 Å². The lowest BCUT2D eigenvalue weighted by molar-refractivity contribution is 0.0383. The van der Waals surface area contributed by atoms with Crippen LogP contribution in [0.4, 0.5) is 11.4 Å². The summed E-state index contributed by atoms with van der Waals surface area (Å²) in [7, 11) is 0. The number of anilines is 2. The third-order valence-electron chi connectivity index (χ3n) is 5.76. The second kappa shape index (κ2) is 10.2. The van der Waals surface area contributed by atoms with E-state index < -0.39 is 0 Å². The van der Waals surface area contributed by atoms with Crippen LogP contribution < -0.4 is 10.6 Å². The minimum absolute atomic E-state index is 0.102. The van der Waals surface area contributed by atoms with Gasteiger partial charge in [0, 0.05) is 55.3 Å². The van der Waals surface area contributed by atoms with E-state index in [-0.39, 0.29) is 5.91 Å². The highest BCUT2D eigenvalue weighted by Crippen LogP contribution is 2.26. The predicted octanol–water partition coefficient (Wildman–Crippen LogP) is 3.86. The SMILES string of the molecule is O=C(NCCN1CCOCC1)c1cccc(-c2nnc3cc(Nc4ccccc4Cl)ccn23)c1. The molecule has 174 valence electrons. The van der Waals surface area contributed by atoms with Gasteiger partial charge in [-0.3, -0.25) is 14.1 Å². The molecule has 1 saturated heterocycles. The molecule has 3 heterocycles. The van der Waals surface area contributed by atoms with E-state index in [9.17, 15) is 4.79 Å². The standard InChI is InChI=1S/C25H25ClN6O2/c26-21-6-1-2-7-22(21)28-20-8-10-32-23(17-20)29-30-24(32)18-4-3-5-19(16-18)25(33)27-9-11-31-12-14-34-15-13-31/h1-8,10,16-17,28H,9,11-15H2,(H,27,33). The van der Waals surface area contributed by atoms with E-state index >= 15 is 0 Å². The number of halogens is 1. The summed E-state index contributed by atoms with van der Waals surface area (Å²) in [6, 6.07) is 18.8. The Kier molecular flexibility index (Phi) is 6.71. The number of fused-ring (bicyclic) bond motifs is 1. The van der Waals surface area contributed by atoms with Crippen molar-refractivity contribution in [3.63, 3.8) is 0 Å². The molecule has 0 unspecified atom stereocenters. The Morgan fingerprint density at radius 1 is 1.03 bits per heavy atom. The van der Waals surface area contributed by atoms with Crippen LogP contribution in [-0.2, 0) is 4.74 Å². The summed E-state index contributed by atoms with van der Waals surface area (Å²) < 4.78 is 7.26. The van der Waals surface area contributed by atoms with Gasteiger partial charge in [-0.1, -0.05) is 35.9 Å². The molecule has 5 rings (SSSR count). The van der Waals surface area contributed by atoms with Crippen LogP contribution in [-0.4, -0.2) is 64.8 Å². The smallest absolute Gasteiger partial charge is 0.251 e. The molecule has 8 nitrogen and oxygen atoms in total. The molecule has 4 aromatic rings. The molecule has 0 saturated carbocycles. The van der Waals surface area contributed by atoms with Crippen molar-refractivity contribution in [2.24, 2.45) is 0 Å². The molecule has 0 aliphatic carbocycles. The van der Waals surface area contributed by atoms with Crippen molar-refractivity contribution in [2.75, 3.05) is 44.7 Å². The first-order valence-corrected chi connectivity index (χ1v) is 11.6. The Morgan fingerprint density at radius 2 is 1.88 bits per heavy atom. The zero-order valence-electron chi connectivity index (χ0n) is 18.6. The number of nitrogens with zero attached hydrogens (tertiary/aromatic N) is 4. The summed E-state index contributed by atoms with van der Waals surface area (Å²) in [4.78, 5) is 15.0. The van der Waals surface area contributed by atoms with Gasteiger partial charge >= 0.3 is 0 Å². The first-order chi connectivity index (χ1) is 16.7. The number of morpholine rings is 1. The Hall–Kier alpha value is -3.46. The van der Waals surface area contributed by atoms with Crippen LogP contribution in [0.25, 0.3) is 17.0 Å². The van der Waals surface area contributed by atoms with E-state index in [1.165, 1.54) is 0 Å². The van der Waals surface area contributed by atoms with Crippen LogP contribution in [0.2, 0.25) is 5.02 Å². The fraction of sp³-hybridized carbons (Fsp3) is 0.240. The monoisotopic (exact) mass is 476 g/mol. The fourth-order valence-corrected chi connectivity index (χ4v) is 4.12. The molecule has 34 heavy (non-hydrogen) atoms. The zero-order chi connectivity index (χ0) is 23.3. The van der Waals surface area contributed by atoms with Gasteiger partial charge in [-0.05, 0) is 30.3 Å². The molecule has 1 aliphatic rings. The van der Waals surface area contributed by atoms with Gasteiger partial charge in [-0.2, -0.15) is 0 Å². The third kappa shape index (κ3) is 5.04. The van der Waals surface area contributed by atoms with Gasteiger partial charge < -0.3 is 15.4 Å². The summed E-state index contributed by atoms with van der Waals surface area (Å²) in [5.41, 5.74) is 3.77. The average Bonchev–Trinajstić information content (AvgIpc) is 3.29. The summed E-state index contributed by atoms with van der Waals surface area (Å²) in [6.45, 7) is 4.72. The topological polar surface area (TPSA) is 83.8 Å². The second-order valence-electron chi connectivity index (χ2n) is 8.06. The number of pyridine rings is 1. The summed E-state index contributed by atoms with van der Waals surface area (Å²) in [5.74, 6) is 0.567. The molecule has 1 amide bonds. The third-order valence-corrected chi connectivity index (χ3v) is 6.09. The molecule has 2 aromatic carbocycles. The first-order valence-electron chi connectivity index (χ1n) is 11.2. The maximum absolute atomic E-state index is 12.7. The molecular weight excluding hydrogens is 452 g/mol. The molecule has 1 aliphatic heterocycles. The number of aromatic nitrogens is 3. The number of nitrogens with one attached hydrogen (secondary N) is 2. The number of rotatable bonds is 7. The van der Waals surface area contributed by atoms with Crippen LogP contribution >= 0.6 is 11.6 Å². The second-order valence-corrected chi connectivity index (χ2v) is 8.47. The average molecular weight is 477 g/mol. The van der Waals surface area contributed by atoms with Crippen molar-refractivity contribution in [3.05, 3.63) is 77.4 Å². The molecule has 2 N–H and O–H groups in total. The molecule has 0 spiro atoms. The molecule has 0 radical (unpaired) electrons. The largest absolute Gasteiger partial charge is 0.379 e. The van der Waals surface area contributed by atoms with E-state index in [0.29, 0.717) is 28.6 Å². The number of carbonyl (C=O) groups excluding carboxylic acids is 1. The molecule has 2 aromatic heterocycles. The van der Waals surface area contributed by atoms with Gasteiger partial charge in [-0.25, -0.2) is 0 Å². The number of benzene rings is 2. The van der Waals surface area contributed by atoms with Crippen LogP contribution in [0.3, 0.4) is 0 Å². The van der Waals surface area contributed by atoms with Crippen molar-refractivity contribution in [1.29, 1.82) is 0 Å². The van der Waals surface area contributed by atoms with Gasteiger partial charge in [0.15, 0.2) is 11.5 Å². The number of ether oxygens (including phenoxy) is 1. The van der Waals surface area contributed by atoms with Crippen molar-refractivity contribution in [2.45, 2.75) is 0 Å². The van der Waals surface area contributed by atoms with Crippen molar-refractivity contribution < 1.29 is 9.53 Å². The summed E-state index contributed by atoms with van der Waals surface area (Å²) in [5, 5.41) is 15.6. The van der Waals surface area contributed by atoms with E-state index in [1.807, 2.05) is 71.3 Å². The van der Waals surface area contributed by atoms with Crippen molar-refractivity contribution in [1.82, 2.24) is 24.8 Å². The Labute approximate surface area is 202 Å². The normalized spacial score (nSPS) is 14.3. The minimum atomic E-state index is -0.102. The number of amides is 1. The van der Waals surface area contributed by atoms with E-state index in [1.54, 1.807) is 0 Å². The Morgan fingerprint density at radius 3 is 2.74 bits per heavy atom. The zero-order valence-corrected chi connectivity index (χ0v) is 19.3. The molecular formula is C25H25ClN6O2. The van der Waals surface area contributed by atoms with Gasteiger partial charge in [-0.15, -0.1) is 10.2 Å². The van der Waals surface area contributed by atoms with Crippen molar-refractivity contribution in [3.8, 4) is 11.4 Å². The summed E-state index contributed by atoms with van der Waals surface area (Å²) >= 11 is 6.25. The number of carbonyl (C=O) groups is 1. The quantitative estimate of drug-likeness (QED) is 0.421. The van der Waals surface area contributed by atoms with Crippen LogP contribution in [0.5, 0.6) is 0 Å². The Bertz CT molecular complexity index is 1300. The number of para-hydroxylation sites is 1. The number of hydrogen-bond donors (Lipinski definition) is 2. The lowest BCUT2D eigenvalue weighted by Gasteiger charge is -2.26.